The lowest BCUT2D eigenvalue weighted by molar-refractivity contribution is -0.137. The number of ether oxygens (including phenoxy) is 1. The number of hydrogen-bond acceptors (Lipinski definition) is 5. The second-order valence-corrected chi connectivity index (χ2v) is 7.34. The molecule has 0 aromatic rings. The van der Waals surface area contributed by atoms with Crippen molar-refractivity contribution in [3.8, 4) is 0 Å². The number of hydrogen-bond donors (Lipinski definition) is 4. The molecule has 156 valence electrons. The van der Waals surface area contributed by atoms with E-state index in [9.17, 15) is 20.1 Å². The molecule has 5 atom stereocenters. The highest BCUT2D eigenvalue weighted by atomic mass is 16.5. The van der Waals surface area contributed by atoms with Gasteiger partial charge in [0.2, 0.25) is 0 Å². The highest BCUT2D eigenvalue weighted by Gasteiger charge is 2.39. The van der Waals surface area contributed by atoms with Gasteiger partial charge in [0, 0.05) is 25.4 Å². The van der Waals surface area contributed by atoms with Crippen molar-refractivity contribution in [3.63, 3.8) is 0 Å². The van der Waals surface area contributed by atoms with Crippen LogP contribution in [-0.4, -0.2) is 57.9 Å². The number of allylic oxidation sites excluding steroid dienone is 2. The molecule has 1 aliphatic carbocycles. The Bertz CT molecular complexity index is 462. The summed E-state index contributed by atoms with van der Waals surface area (Å²) in [6.45, 7) is 3.00. The number of aliphatic hydroxyl groups excluding tert-OH is 3. The predicted octanol–water partition coefficient (Wildman–Crippen LogP) is 2.67. The molecule has 1 fully saturated rings. The Kier molecular flexibility index (Phi) is 12.3. The second kappa shape index (κ2) is 13.9. The van der Waals surface area contributed by atoms with E-state index in [1.807, 2.05) is 12.2 Å². The molecular weight excluding hydrogens is 348 g/mol. The summed E-state index contributed by atoms with van der Waals surface area (Å²) in [6, 6.07) is 0. The van der Waals surface area contributed by atoms with E-state index in [-0.39, 0.29) is 24.9 Å². The lowest BCUT2D eigenvalue weighted by Gasteiger charge is -2.19. The van der Waals surface area contributed by atoms with Gasteiger partial charge >= 0.3 is 5.97 Å². The van der Waals surface area contributed by atoms with Gasteiger partial charge in [-0.05, 0) is 31.6 Å². The molecule has 27 heavy (non-hydrogen) atoms. The lowest BCUT2D eigenvalue weighted by Crippen LogP contribution is -2.21. The molecule has 0 aliphatic heterocycles. The van der Waals surface area contributed by atoms with E-state index in [0.717, 1.165) is 19.3 Å². The van der Waals surface area contributed by atoms with E-state index in [1.165, 1.54) is 0 Å². The molecule has 0 unspecified atom stereocenters. The van der Waals surface area contributed by atoms with Crippen LogP contribution in [0.15, 0.2) is 24.3 Å². The van der Waals surface area contributed by atoms with Gasteiger partial charge < -0.3 is 25.2 Å². The van der Waals surface area contributed by atoms with E-state index in [2.05, 4.69) is 6.92 Å². The van der Waals surface area contributed by atoms with E-state index < -0.39 is 24.3 Å². The topological polar surface area (TPSA) is 107 Å². The Morgan fingerprint density at radius 3 is 2.67 bits per heavy atom. The molecule has 0 saturated heterocycles. The SMILES string of the molecule is CCCCCOC[C@H](O)/C=C/[C@@H]1[C@@H](C/C=C\CCCC(=O)O)[C@@H](O)C[C@H]1O. The largest absolute Gasteiger partial charge is 0.481 e. The van der Waals surface area contributed by atoms with Gasteiger partial charge in [0.1, 0.15) is 0 Å². The normalized spacial score (nSPS) is 27.0. The molecule has 0 radical (unpaired) electrons. The lowest BCUT2D eigenvalue weighted by atomic mass is 9.89. The first-order valence-corrected chi connectivity index (χ1v) is 10.1. The summed E-state index contributed by atoms with van der Waals surface area (Å²) in [5.74, 6) is -1.11. The van der Waals surface area contributed by atoms with Crippen molar-refractivity contribution in [2.45, 2.75) is 76.6 Å². The zero-order valence-corrected chi connectivity index (χ0v) is 16.4. The van der Waals surface area contributed by atoms with Gasteiger partial charge in [-0.15, -0.1) is 0 Å². The van der Waals surface area contributed by atoms with Gasteiger partial charge in [-0.1, -0.05) is 44.1 Å². The highest BCUT2D eigenvalue weighted by Crippen LogP contribution is 2.36. The molecule has 0 bridgehead atoms. The number of aliphatic hydroxyl groups is 3. The Morgan fingerprint density at radius 2 is 1.96 bits per heavy atom. The van der Waals surface area contributed by atoms with Crippen LogP contribution in [0.5, 0.6) is 0 Å². The first-order chi connectivity index (χ1) is 13.0. The van der Waals surface area contributed by atoms with E-state index in [0.29, 0.717) is 32.3 Å². The third kappa shape index (κ3) is 10.1. The zero-order valence-electron chi connectivity index (χ0n) is 16.4. The molecule has 1 saturated carbocycles. The summed E-state index contributed by atoms with van der Waals surface area (Å²) >= 11 is 0. The quantitative estimate of drug-likeness (QED) is 0.271. The van der Waals surface area contributed by atoms with Gasteiger partial charge in [-0.2, -0.15) is 0 Å². The molecule has 0 aromatic carbocycles. The molecular formula is C21H36O6. The second-order valence-electron chi connectivity index (χ2n) is 7.34. The predicted molar refractivity (Wildman–Crippen MR) is 104 cm³/mol. The Balaban J connectivity index is 2.41. The van der Waals surface area contributed by atoms with Crippen LogP contribution < -0.4 is 0 Å². The van der Waals surface area contributed by atoms with Crippen LogP contribution in [0.2, 0.25) is 0 Å². The molecule has 6 heteroatoms. The number of carboxylic acid groups (broad SMARTS) is 1. The van der Waals surface area contributed by atoms with Crippen LogP contribution >= 0.6 is 0 Å². The van der Waals surface area contributed by atoms with E-state index >= 15 is 0 Å². The summed E-state index contributed by atoms with van der Waals surface area (Å²) in [4.78, 5) is 10.5. The van der Waals surface area contributed by atoms with E-state index in [4.69, 9.17) is 9.84 Å². The molecule has 0 spiro atoms. The molecule has 1 aliphatic rings. The van der Waals surface area contributed by atoms with Crippen molar-refractivity contribution >= 4 is 5.97 Å². The van der Waals surface area contributed by atoms with Crippen molar-refractivity contribution in [2.24, 2.45) is 11.8 Å². The number of carboxylic acids is 1. The van der Waals surface area contributed by atoms with Crippen LogP contribution in [0.3, 0.4) is 0 Å². The number of unbranched alkanes of at least 4 members (excludes halogenated alkanes) is 3. The number of aliphatic carboxylic acids is 1. The van der Waals surface area contributed by atoms with Crippen molar-refractivity contribution in [1.82, 2.24) is 0 Å². The average Bonchev–Trinajstić information content (AvgIpc) is 2.88. The van der Waals surface area contributed by atoms with Crippen molar-refractivity contribution < 1.29 is 30.0 Å². The van der Waals surface area contributed by atoms with Crippen molar-refractivity contribution in [3.05, 3.63) is 24.3 Å². The van der Waals surface area contributed by atoms with Crippen LogP contribution in [0.25, 0.3) is 0 Å². The fourth-order valence-corrected chi connectivity index (χ4v) is 3.42. The van der Waals surface area contributed by atoms with Crippen molar-refractivity contribution in [2.75, 3.05) is 13.2 Å². The molecule has 1 rings (SSSR count). The summed E-state index contributed by atoms with van der Waals surface area (Å²) < 4.78 is 5.44. The van der Waals surface area contributed by atoms with Crippen LogP contribution in [0, 0.1) is 11.8 Å². The van der Waals surface area contributed by atoms with E-state index in [1.54, 1.807) is 12.2 Å². The standard InChI is InChI=1S/C21H36O6/c1-2-3-8-13-27-15-16(22)11-12-18-17(19(23)14-20(18)24)9-6-4-5-7-10-21(25)26/h4,6,11-12,16-20,22-24H,2-3,5,7-10,13-15H2,1H3,(H,25,26)/b6-4-,12-11+/t16-,17-,18-,19+,20-/m1/s1. The average molecular weight is 385 g/mol. The Morgan fingerprint density at radius 1 is 1.19 bits per heavy atom. The summed E-state index contributed by atoms with van der Waals surface area (Å²) in [5.41, 5.74) is 0. The minimum atomic E-state index is -0.796. The van der Waals surface area contributed by atoms with Crippen LogP contribution in [0.1, 0.15) is 58.3 Å². The fourth-order valence-electron chi connectivity index (χ4n) is 3.42. The maximum Gasteiger partial charge on any atom is 0.303 e. The van der Waals surface area contributed by atoms with Gasteiger partial charge in [-0.25, -0.2) is 0 Å². The highest BCUT2D eigenvalue weighted by molar-refractivity contribution is 5.66. The smallest absolute Gasteiger partial charge is 0.303 e. The molecule has 0 heterocycles. The Hall–Kier alpha value is -1.21. The summed E-state index contributed by atoms with van der Waals surface area (Å²) in [6.07, 6.45) is 11.0. The Labute approximate surface area is 162 Å². The van der Waals surface area contributed by atoms with Gasteiger partial charge in [0.15, 0.2) is 0 Å². The molecule has 6 nitrogen and oxygen atoms in total. The molecule has 4 N–H and O–H groups in total. The summed E-state index contributed by atoms with van der Waals surface area (Å²) in [7, 11) is 0. The first-order valence-electron chi connectivity index (χ1n) is 10.1. The third-order valence-electron chi connectivity index (χ3n) is 4.99. The monoisotopic (exact) mass is 384 g/mol. The maximum absolute atomic E-state index is 10.5. The minimum absolute atomic E-state index is 0.107. The fraction of sp³-hybridized carbons (Fsp3) is 0.762. The van der Waals surface area contributed by atoms with Crippen LogP contribution in [0.4, 0.5) is 0 Å². The molecule has 0 amide bonds. The first kappa shape index (κ1) is 23.8. The summed E-state index contributed by atoms with van der Waals surface area (Å²) in [5, 5.41) is 39.0. The number of carbonyl (C=O) groups is 1. The zero-order chi connectivity index (χ0) is 20.1. The third-order valence-corrected chi connectivity index (χ3v) is 4.99. The van der Waals surface area contributed by atoms with Gasteiger partial charge in [-0.3, -0.25) is 4.79 Å². The molecule has 0 aromatic heterocycles. The van der Waals surface area contributed by atoms with Gasteiger partial charge in [0.05, 0.1) is 24.9 Å². The van der Waals surface area contributed by atoms with Crippen LogP contribution in [-0.2, 0) is 9.53 Å². The number of rotatable bonds is 14. The minimum Gasteiger partial charge on any atom is -0.481 e. The van der Waals surface area contributed by atoms with Crippen molar-refractivity contribution in [1.29, 1.82) is 0 Å². The van der Waals surface area contributed by atoms with Gasteiger partial charge in [0.25, 0.3) is 0 Å². The maximum atomic E-state index is 10.5.